The molecule has 0 aliphatic rings. The zero-order valence-electron chi connectivity index (χ0n) is 20.2. The molecule has 6 aromatic rings. The van der Waals surface area contributed by atoms with Crippen LogP contribution in [-0.4, -0.2) is 10.4 Å². The van der Waals surface area contributed by atoms with E-state index in [9.17, 15) is 4.79 Å². The first kappa shape index (κ1) is 22.1. The van der Waals surface area contributed by atoms with Gasteiger partial charge < -0.3 is 4.42 Å². The average molecular weight is 472 g/mol. The van der Waals surface area contributed by atoms with Crippen LogP contribution in [0.5, 0.6) is 0 Å². The molecule has 0 bridgehead atoms. The lowest BCUT2D eigenvalue weighted by atomic mass is 10.0. The van der Waals surface area contributed by atoms with Gasteiger partial charge in [-0.25, -0.2) is 9.13 Å². The van der Waals surface area contributed by atoms with Crippen LogP contribution in [0.4, 0.5) is 0 Å². The largest absolute Gasteiger partial charge is 0.456 e. The van der Waals surface area contributed by atoms with Crippen LogP contribution in [0, 0.1) is 0 Å². The van der Waals surface area contributed by atoms with E-state index in [1.807, 2.05) is 66.9 Å². The van der Waals surface area contributed by atoms with Gasteiger partial charge >= 0.3 is 0 Å². The van der Waals surface area contributed by atoms with Crippen LogP contribution in [0.3, 0.4) is 0 Å². The van der Waals surface area contributed by atoms with Gasteiger partial charge in [-0.05, 0) is 29.0 Å². The monoisotopic (exact) mass is 471 g/mol. The molecule has 0 fully saturated rings. The van der Waals surface area contributed by atoms with Crippen molar-refractivity contribution in [2.75, 3.05) is 0 Å². The minimum absolute atomic E-state index is 0.0956. The first-order valence-corrected chi connectivity index (χ1v) is 12.4. The van der Waals surface area contributed by atoms with Crippen LogP contribution in [0.15, 0.2) is 120 Å². The molecule has 2 heterocycles. The number of hydrogen-bond acceptors (Lipinski definition) is 2. The van der Waals surface area contributed by atoms with Gasteiger partial charge in [0.25, 0.3) is 5.82 Å². The molecule has 0 saturated carbocycles. The van der Waals surface area contributed by atoms with E-state index in [2.05, 4.69) is 64.7 Å². The number of hydrogen-bond donors (Lipinski definition) is 0. The van der Waals surface area contributed by atoms with Crippen LogP contribution in [-0.2, 0) is 13.0 Å². The van der Waals surface area contributed by atoms with Crippen LogP contribution >= 0.6 is 0 Å². The van der Waals surface area contributed by atoms with E-state index in [0.29, 0.717) is 0 Å². The van der Waals surface area contributed by atoms with Gasteiger partial charge in [-0.3, -0.25) is 4.79 Å². The Bertz CT molecular complexity index is 1640. The molecule has 0 N–H and O–H groups in total. The summed E-state index contributed by atoms with van der Waals surface area (Å²) in [5.74, 6) is 2.04. The van der Waals surface area contributed by atoms with Gasteiger partial charge in [-0.1, -0.05) is 91.9 Å². The number of rotatable bonds is 7. The van der Waals surface area contributed by atoms with E-state index < -0.39 is 0 Å². The highest BCUT2D eigenvalue weighted by atomic mass is 16.3. The number of nitrogens with zero attached hydrogens (tertiary/aromatic N) is 2. The molecule has 0 radical (unpaired) electrons. The molecule has 4 heteroatoms. The molecule has 0 aliphatic carbocycles. The van der Waals surface area contributed by atoms with Gasteiger partial charge in [0.1, 0.15) is 18.0 Å². The molecular weight excluding hydrogens is 444 g/mol. The number of ketones is 1. The van der Waals surface area contributed by atoms with Crippen LogP contribution < -0.4 is 4.57 Å². The van der Waals surface area contributed by atoms with Crippen molar-refractivity contribution in [2.24, 2.45) is 0 Å². The lowest BCUT2D eigenvalue weighted by molar-refractivity contribution is -0.690. The molecule has 0 amide bonds. The highest BCUT2D eigenvalue weighted by molar-refractivity contribution is 5.99. The Morgan fingerprint density at radius 1 is 0.833 bits per heavy atom. The van der Waals surface area contributed by atoms with Crippen molar-refractivity contribution in [3.05, 3.63) is 138 Å². The molecule has 1 unspecified atom stereocenters. The molecule has 176 valence electrons. The van der Waals surface area contributed by atoms with Crippen LogP contribution in [0.2, 0.25) is 0 Å². The number of carbonyl (C=O) groups is 1. The fourth-order valence-corrected chi connectivity index (χ4v) is 5.08. The van der Waals surface area contributed by atoms with E-state index in [-0.39, 0.29) is 18.4 Å². The summed E-state index contributed by atoms with van der Waals surface area (Å²) in [7, 11) is 0. The lowest BCUT2D eigenvalue weighted by Crippen LogP contribution is -2.41. The predicted octanol–water partition coefficient (Wildman–Crippen LogP) is 6.76. The lowest BCUT2D eigenvalue weighted by Gasteiger charge is -2.14. The van der Waals surface area contributed by atoms with Crippen molar-refractivity contribution >= 4 is 27.5 Å². The SMILES string of the molecule is CCc1n(C(c2ccccc2)c2cc3ccccc3o2)cc[n+]1CC(=O)c1ccc2ccccc2c1. The van der Waals surface area contributed by atoms with Crippen molar-refractivity contribution in [2.45, 2.75) is 25.9 Å². The number of benzene rings is 4. The van der Waals surface area contributed by atoms with Gasteiger partial charge in [0.05, 0.1) is 0 Å². The Hall–Kier alpha value is -4.44. The van der Waals surface area contributed by atoms with Crippen molar-refractivity contribution < 1.29 is 13.8 Å². The number of aromatic nitrogens is 2. The second kappa shape index (κ2) is 9.31. The van der Waals surface area contributed by atoms with Gasteiger partial charge in [-0.2, -0.15) is 0 Å². The molecule has 4 aromatic carbocycles. The van der Waals surface area contributed by atoms with Gasteiger partial charge in [0.2, 0.25) is 5.78 Å². The fraction of sp³-hybridized carbons (Fsp3) is 0.125. The standard InChI is InChI=1S/C32H27N2O2/c1-2-31-33(22-28(35)26-17-16-23-10-6-7-13-25(23)20-26)18-19-34(31)32(24-11-4-3-5-12-24)30-21-27-14-8-9-15-29(27)36-30/h3-21,32H,2,22H2,1H3/q+1. The Balaban J connectivity index is 1.39. The third-order valence-electron chi connectivity index (χ3n) is 6.85. The predicted molar refractivity (Wildman–Crippen MR) is 142 cm³/mol. The third kappa shape index (κ3) is 4.01. The van der Waals surface area contributed by atoms with Crippen molar-refractivity contribution in [3.8, 4) is 0 Å². The normalized spacial score (nSPS) is 12.2. The highest BCUT2D eigenvalue weighted by Crippen LogP contribution is 2.32. The Labute approximate surface area is 210 Å². The second-order valence-electron chi connectivity index (χ2n) is 9.09. The molecule has 0 saturated heterocycles. The minimum atomic E-state index is -0.134. The number of imidazole rings is 1. The number of carbonyl (C=O) groups excluding carboxylic acids is 1. The Kier molecular flexibility index (Phi) is 5.70. The maximum Gasteiger partial charge on any atom is 0.257 e. The second-order valence-corrected chi connectivity index (χ2v) is 9.09. The smallest absolute Gasteiger partial charge is 0.257 e. The summed E-state index contributed by atoms with van der Waals surface area (Å²) in [5.41, 5.74) is 2.74. The molecule has 2 aromatic heterocycles. The third-order valence-corrected chi connectivity index (χ3v) is 6.85. The van der Waals surface area contributed by atoms with E-state index in [1.54, 1.807) is 0 Å². The number of Topliss-reactive ketones (excluding diaryl/α,β-unsaturated/α-hetero) is 1. The first-order chi connectivity index (χ1) is 17.7. The summed E-state index contributed by atoms with van der Waals surface area (Å²) in [6.45, 7) is 2.42. The van der Waals surface area contributed by atoms with Crippen LogP contribution in [0.1, 0.15) is 40.5 Å². The van der Waals surface area contributed by atoms with Crippen LogP contribution in [0.25, 0.3) is 21.7 Å². The van der Waals surface area contributed by atoms with Gasteiger partial charge in [-0.15, -0.1) is 0 Å². The fourth-order valence-electron chi connectivity index (χ4n) is 5.08. The average Bonchev–Trinajstić information content (AvgIpc) is 3.53. The zero-order chi connectivity index (χ0) is 24.5. The highest BCUT2D eigenvalue weighted by Gasteiger charge is 2.30. The van der Waals surface area contributed by atoms with E-state index >= 15 is 0 Å². The topological polar surface area (TPSA) is 39.0 Å². The van der Waals surface area contributed by atoms with E-state index in [0.717, 1.165) is 50.9 Å². The summed E-state index contributed by atoms with van der Waals surface area (Å²) in [6.07, 6.45) is 4.86. The van der Waals surface area contributed by atoms with E-state index in [1.165, 1.54) is 0 Å². The number of furan rings is 1. The quantitative estimate of drug-likeness (QED) is 0.191. The Morgan fingerprint density at radius 2 is 1.56 bits per heavy atom. The molecule has 0 aliphatic heterocycles. The van der Waals surface area contributed by atoms with Gasteiger partial charge in [0, 0.05) is 22.9 Å². The van der Waals surface area contributed by atoms with Crippen molar-refractivity contribution in [1.82, 2.24) is 4.57 Å². The number of para-hydroxylation sites is 1. The summed E-state index contributed by atoms with van der Waals surface area (Å²) in [4.78, 5) is 13.3. The molecule has 36 heavy (non-hydrogen) atoms. The first-order valence-electron chi connectivity index (χ1n) is 12.4. The maximum atomic E-state index is 13.3. The van der Waals surface area contributed by atoms with Crippen molar-refractivity contribution in [1.29, 1.82) is 0 Å². The molecule has 4 nitrogen and oxygen atoms in total. The van der Waals surface area contributed by atoms with E-state index in [4.69, 9.17) is 4.42 Å². The molecule has 1 atom stereocenters. The molecule has 0 spiro atoms. The molecule has 6 rings (SSSR count). The summed E-state index contributed by atoms with van der Waals surface area (Å²) in [5, 5.41) is 3.30. The van der Waals surface area contributed by atoms with Crippen molar-refractivity contribution in [3.63, 3.8) is 0 Å². The summed E-state index contributed by atoms with van der Waals surface area (Å²) >= 11 is 0. The minimum Gasteiger partial charge on any atom is -0.456 e. The Morgan fingerprint density at radius 3 is 2.33 bits per heavy atom. The van der Waals surface area contributed by atoms with Gasteiger partial charge in [0.15, 0.2) is 18.3 Å². The summed E-state index contributed by atoms with van der Waals surface area (Å²) in [6, 6.07) is 34.5. The molecular formula is C32H27N2O2+. The summed E-state index contributed by atoms with van der Waals surface area (Å²) < 4.78 is 10.6. The maximum absolute atomic E-state index is 13.3. The number of fused-ring (bicyclic) bond motifs is 2. The zero-order valence-corrected chi connectivity index (χ0v) is 20.2.